The number of piperidine rings is 1. The van der Waals surface area contributed by atoms with Crippen molar-refractivity contribution in [1.29, 1.82) is 0 Å². The van der Waals surface area contributed by atoms with Crippen LogP contribution in [0.15, 0.2) is 42.5 Å². The Morgan fingerprint density at radius 2 is 1.97 bits per heavy atom. The molecule has 1 fully saturated rings. The van der Waals surface area contributed by atoms with E-state index in [0.29, 0.717) is 29.7 Å². The highest BCUT2D eigenvalue weighted by atomic mass is 16.5. The minimum Gasteiger partial charge on any atom is -0.496 e. The lowest BCUT2D eigenvalue weighted by Crippen LogP contribution is -2.52. The summed E-state index contributed by atoms with van der Waals surface area (Å²) >= 11 is 0. The molecule has 31 heavy (non-hydrogen) atoms. The van der Waals surface area contributed by atoms with Gasteiger partial charge in [0.1, 0.15) is 11.8 Å². The number of methoxy groups -OCH3 is 1. The van der Waals surface area contributed by atoms with Gasteiger partial charge in [0.2, 0.25) is 17.7 Å². The van der Waals surface area contributed by atoms with Crippen molar-refractivity contribution in [2.75, 3.05) is 12.4 Å². The van der Waals surface area contributed by atoms with Crippen LogP contribution in [0.1, 0.15) is 40.7 Å². The minimum absolute atomic E-state index is 0.175. The van der Waals surface area contributed by atoms with Gasteiger partial charge in [0, 0.05) is 36.2 Å². The van der Waals surface area contributed by atoms with E-state index in [4.69, 9.17) is 4.74 Å². The molecule has 1 atom stereocenters. The number of nitrogens with one attached hydrogen (secondary N) is 2. The Balaban J connectivity index is 1.45. The molecule has 4 amide bonds. The van der Waals surface area contributed by atoms with Crippen LogP contribution >= 0.6 is 0 Å². The summed E-state index contributed by atoms with van der Waals surface area (Å²) in [4.78, 5) is 50.6. The molecule has 4 rings (SSSR count). The van der Waals surface area contributed by atoms with Crippen LogP contribution in [0, 0.1) is 0 Å². The molecule has 8 nitrogen and oxygen atoms in total. The summed E-state index contributed by atoms with van der Waals surface area (Å²) in [6.45, 7) is 0.212. The van der Waals surface area contributed by atoms with Crippen molar-refractivity contribution in [3.63, 3.8) is 0 Å². The van der Waals surface area contributed by atoms with Crippen LogP contribution in [0.4, 0.5) is 5.69 Å². The van der Waals surface area contributed by atoms with Gasteiger partial charge in [-0.25, -0.2) is 0 Å². The molecule has 2 aromatic rings. The zero-order valence-electron chi connectivity index (χ0n) is 17.1. The van der Waals surface area contributed by atoms with Gasteiger partial charge in [0.25, 0.3) is 5.91 Å². The molecule has 0 radical (unpaired) electrons. The standard InChI is InChI=1S/C23H23N3O5/c1-31-19-8-3-2-5-14(19)9-11-20(27)24-17-7-4-6-15-16(17)13-26(23(15)30)18-10-12-21(28)25-22(18)29/h2-8,18H,9-13H2,1H3,(H,24,27)(H,25,28,29). The van der Waals surface area contributed by atoms with Gasteiger partial charge in [-0.2, -0.15) is 0 Å². The molecular weight excluding hydrogens is 398 g/mol. The molecule has 8 heteroatoms. The Hall–Kier alpha value is -3.68. The monoisotopic (exact) mass is 421 g/mol. The van der Waals surface area contributed by atoms with Crippen molar-refractivity contribution < 1.29 is 23.9 Å². The third kappa shape index (κ3) is 4.14. The average Bonchev–Trinajstić information content (AvgIpc) is 3.10. The van der Waals surface area contributed by atoms with Gasteiger partial charge in [0.15, 0.2) is 0 Å². The highest BCUT2D eigenvalue weighted by Gasteiger charge is 2.39. The highest BCUT2D eigenvalue weighted by Crippen LogP contribution is 2.32. The first-order chi connectivity index (χ1) is 15.0. The van der Waals surface area contributed by atoms with E-state index >= 15 is 0 Å². The van der Waals surface area contributed by atoms with E-state index < -0.39 is 11.9 Å². The number of rotatable bonds is 6. The van der Waals surface area contributed by atoms with Gasteiger partial charge in [-0.1, -0.05) is 24.3 Å². The summed E-state index contributed by atoms with van der Waals surface area (Å²) in [7, 11) is 1.59. The van der Waals surface area contributed by atoms with Gasteiger partial charge >= 0.3 is 0 Å². The smallest absolute Gasteiger partial charge is 0.255 e. The number of imide groups is 1. The lowest BCUT2D eigenvalue weighted by molar-refractivity contribution is -0.137. The molecule has 2 aliphatic heterocycles. The molecule has 0 aromatic heterocycles. The van der Waals surface area contributed by atoms with E-state index in [9.17, 15) is 19.2 Å². The number of hydrogen-bond donors (Lipinski definition) is 2. The van der Waals surface area contributed by atoms with Gasteiger partial charge < -0.3 is 15.0 Å². The van der Waals surface area contributed by atoms with E-state index in [1.54, 1.807) is 25.3 Å². The van der Waals surface area contributed by atoms with Gasteiger partial charge in [-0.15, -0.1) is 0 Å². The quantitative estimate of drug-likeness (QED) is 0.695. The number of aryl methyl sites for hydroxylation is 1. The number of amides is 4. The van der Waals surface area contributed by atoms with Crippen LogP contribution in [-0.4, -0.2) is 41.7 Å². The number of carbonyl (C=O) groups excluding carboxylic acids is 4. The lowest BCUT2D eigenvalue weighted by atomic mass is 10.0. The second kappa shape index (κ2) is 8.59. The molecule has 2 N–H and O–H groups in total. The van der Waals surface area contributed by atoms with Crippen LogP contribution in [0.3, 0.4) is 0 Å². The number of fused-ring (bicyclic) bond motifs is 1. The van der Waals surface area contributed by atoms with E-state index in [1.807, 2.05) is 24.3 Å². The molecule has 0 aliphatic carbocycles. The fourth-order valence-corrected chi connectivity index (χ4v) is 4.07. The molecule has 160 valence electrons. The van der Waals surface area contributed by atoms with Crippen molar-refractivity contribution in [2.24, 2.45) is 0 Å². The Bertz CT molecular complexity index is 1060. The highest BCUT2D eigenvalue weighted by molar-refractivity contribution is 6.06. The lowest BCUT2D eigenvalue weighted by Gasteiger charge is -2.29. The summed E-state index contributed by atoms with van der Waals surface area (Å²) in [6, 6.07) is 12.0. The van der Waals surface area contributed by atoms with Crippen LogP contribution in [0.2, 0.25) is 0 Å². The van der Waals surface area contributed by atoms with Gasteiger partial charge in [-0.3, -0.25) is 24.5 Å². The Kier molecular flexibility index (Phi) is 5.70. The van der Waals surface area contributed by atoms with Gasteiger partial charge in [0.05, 0.1) is 7.11 Å². The van der Waals surface area contributed by atoms with Crippen molar-refractivity contribution in [3.05, 3.63) is 59.2 Å². The number of para-hydroxylation sites is 1. The van der Waals surface area contributed by atoms with Crippen LogP contribution in [0.25, 0.3) is 0 Å². The topological polar surface area (TPSA) is 105 Å². The molecule has 2 heterocycles. The zero-order chi connectivity index (χ0) is 22.0. The fourth-order valence-electron chi connectivity index (χ4n) is 4.07. The normalized spacial score (nSPS) is 17.9. The summed E-state index contributed by atoms with van der Waals surface area (Å²) < 4.78 is 5.32. The largest absolute Gasteiger partial charge is 0.496 e. The number of nitrogens with zero attached hydrogens (tertiary/aromatic N) is 1. The third-order valence-corrected chi connectivity index (χ3v) is 5.67. The molecule has 1 saturated heterocycles. The summed E-state index contributed by atoms with van der Waals surface area (Å²) in [5.41, 5.74) is 2.65. The van der Waals surface area contributed by atoms with Gasteiger partial charge in [-0.05, 0) is 36.6 Å². The first-order valence-corrected chi connectivity index (χ1v) is 10.2. The molecule has 2 aliphatic rings. The van der Waals surface area contributed by atoms with E-state index in [2.05, 4.69) is 10.6 Å². The number of benzene rings is 2. The van der Waals surface area contributed by atoms with Crippen molar-refractivity contribution >= 4 is 29.3 Å². The zero-order valence-corrected chi connectivity index (χ0v) is 17.1. The number of carbonyl (C=O) groups is 4. The van der Waals surface area contributed by atoms with Crippen LogP contribution < -0.4 is 15.4 Å². The van der Waals surface area contributed by atoms with Crippen molar-refractivity contribution in [2.45, 2.75) is 38.3 Å². The second-order valence-corrected chi connectivity index (χ2v) is 7.59. The SMILES string of the molecule is COc1ccccc1CCC(=O)Nc1cccc2c1CN(C1CCC(=O)NC1=O)C2=O. The molecule has 2 aromatic carbocycles. The average molecular weight is 421 g/mol. The summed E-state index contributed by atoms with van der Waals surface area (Å²) in [5.74, 6) is -0.490. The van der Waals surface area contributed by atoms with Crippen molar-refractivity contribution in [1.82, 2.24) is 10.2 Å². The Morgan fingerprint density at radius 3 is 2.74 bits per heavy atom. The first-order valence-electron chi connectivity index (χ1n) is 10.2. The van der Waals surface area contributed by atoms with Crippen molar-refractivity contribution in [3.8, 4) is 5.75 Å². The number of anilines is 1. The van der Waals surface area contributed by atoms with Crippen LogP contribution in [0.5, 0.6) is 5.75 Å². The minimum atomic E-state index is -0.688. The Morgan fingerprint density at radius 1 is 1.16 bits per heavy atom. The van der Waals surface area contributed by atoms with E-state index in [0.717, 1.165) is 11.3 Å². The molecule has 0 bridgehead atoms. The molecular formula is C23H23N3O5. The number of hydrogen-bond acceptors (Lipinski definition) is 5. The predicted molar refractivity (Wildman–Crippen MR) is 112 cm³/mol. The number of ether oxygens (including phenoxy) is 1. The summed E-state index contributed by atoms with van der Waals surface area (Å²) in [5, 5.41) is 5.19. The maximum atomic E-state index is 12.9. The summed E-state index contributed by atoms with van der Waals surface area (Å²) in [6.07, 6.45) is 1.27. The fraction of sp³-hybridized carbons (Fsp3) is 0.304. The third-order valence-electron chi connectivity index (χ3n) is 5.67. The first kappa shape index (κ1) is 20.6. The maximum absolute atomic E-state index is 12.9. The van der Waals surface area contributed by atoms with Crippen LogP contribution in [-0.2, 0) is 27.3 Å². The predicted octanol–water partition coefficient (Wildman–Crippen LogP) is 2.03. The van der Waals surface area contributed by atoms with E-state index in [1.165, 1.54) is 4.90 Å². The molecule has 0 saturated carbocycles. The molecule has 1 unspecified atom stereocenters. The maximum Gasteiger partial charge on any atom is 0.255 e. The molecule has 0 spiro atoms. The van der Waals surface area contributed by atoms with E-state index in [-0.39, 0.29) is 37.1 Å². The second-order valence-electron chi connectivity index (χ2n) is 7.59. The Labute approximate surface area is 179 Å².